The van der Waals surface area contributed by atoms with Gasteiger partial charge in [0.1, 0.15) is 5.75 Å². The quantitative estimate of drug-likeness (QED) is 0.864. The van der Waals surface area contributed by atoms with Gasteiger partial charge in [0.15, 0.2) is 0 Å². The minimum Gasteiger partial charge on any atom is -0.493 e. The number of hydrogen-bond acceptors (Lipinski definition) is 3. The van der Waals surface area contributed by atoms with E-state index in [9.17, 15) is 4.79 Å². The van der Waals surface area contributed by atoms with Crippen molar-refractivity contribution < 1.29 is 9.53 Å². The maximum Gasteiger partial charge on any atom is 0.257 e. The summed E-state index contributed by atoms with van der Waals surface area (Å²) in [4.78, 5) is 14.7. The van der Waals surface area contributed by atoms with E-state index in [1.807, 2.05) is 11.8 Å². The van der Waals surface area contributed by atoms with E-state index in [4.69, 9.17) is 10.5 Å². The van der Waals surface area contributed by atoms with Crippen LogP contribution in [-0.4, -0.2) is 30.5 Å². The highest BCUT2D eigenvalue weighted by atomic mass is 16.5. The molecular weight excluding hydrogens is 252 g/mol. The second-order valence-electron chi connectivity index (χ2n) is 5.84. The number of anilines is 1. The minimum atomic E-state index is 0.0270. The monoisotopic (exact) mass is 276 g/mol. The zero-order valence-corrected chi connectivity index (χ0v) is 12.6. The van der Waals surface area contributed by atoms with Crippen LogP contribution in [0.25, 0.3) is 0 Å². The van der Waals surface area contributed by atoms with E-state index in [0.717, 1.165) is 13.1 Å². The number of ether oxygens (including phenoxy) is 1. The molecule has 1 aliphatic rings. The van der Waals surface area contributed by atoms with E-state index < -0.39 is 0 Å². The number of nitrogens with zero attached hydrogens (tertiary/aromatic N) is 1. The molecule has 1 aliphatic heterocycles. The number of carbonyl (C=O) groups is 1. The van der Waals surface area contributed by atoms with Crippen molar-refractivity contribution in [3.8, 4) is 5.75 Å². The molecule has 0 unspecified atom stereocenters. The first-order valence-corrected chi connectivity index (χ1v) is 7.32. The number of rotatable bonds is 3. The van der Waals surface area contributed by atoms with Gasteiger partial charge in [0.2, 0.25) is 0 Å². The van der Waals surface area contributed by atoms with Gasteiger partial charge in [-0.25, -0.2) is 0 Å². The van der Waals surface area contributed by atoms with E-state index in [-0.39, 0.29) is 5.91 Å². The average Bonchev–Trinajstić information content (AvgIpc) is 2.39. The molecule has 20 heavy (non-hydrogen) atoms. The van der Waals surface area contributed by atoms with Crippen LogP contribution < -0.4 is 10.5 Å². The second kappa shape index (κ2) is 6.16. The third kappa shape index (κ3) is 3.24. The molecule has 2 rings (SSSR count). The standard InChI is InChI=1S/C16H24N2O2/c1-4-20-15-6-5-13(17)8-14(15)16(19)18-9-11(2)7-12(3)10-18/h5-6,8,11-12H,4,7,9-10,17H2,1-3H3/t11-,12-/m0/s1. The van der Waals surface area contributed by atoms with Crippen molar-refractivity contribution in [3.05, 3.63) is 23.8 Å². The first-order valence-electron chi connectivity index (χ1n) is 7.32. The molecule has 1 heterocycles. The van der Waals surface area contributed by atoms with Crippen molar-refractivity contribution in [3.63, 3.8) is 0 Å². The molecular formula is C16H24N2O2. The summed E-state index contributed by atoms with van der Waals surface area (Å²) in [6.07, 6.45) is 1.18. The fourth-order valence-electron chi connectivity index (χ4n) is 3.00. The lowest BCUT2D eigenvalue weighted by Gasteiger charge is -2.35. The number of piperidine rings is 1. The number of hydrogen-bond donors (Lipinski definition) is 1. The fraction of sp³-hybridized carbons (Fsp3) is 0.562. The lowest BCUT2D eigenvalue weighted by Crippen LogP contribution is -2.42. The molecule has 0 saturated carbocycles. The van der Waals surface area contributed by atoms with Crippen LogP contribution in [0.2, 0.25) is 0 Å². The summed E-state index contributed by atoms with van der Waals surface area (Å²) < 4.78 is 5.55. The normalized spacial score (nSPS) is 22.6. The highest BCUT2D eigenvalue weighted by molar-refractivity contribution is 5.98. The second-order valence-corrected chi connectivity index (χ2v) is 5.84. The van der Waals surface area contributed by atoms with Crippen molar-refractivity contribution in [2.24, 2.45) is 11.8 Å². The highest BCUT2D eigenvalue weighted by Gasteiger charge is 2.27. The molecule has 1 aromatic rings. The molecule has 0 aliphatic carbocycles. The summed E-state index contributed by atoms with van der Waals surface area (Å²) in [6, 6.07) is 5.27. The van der Waals surface area contributed by atoms with Gasteiger partial charge in [0, 0.05) is 18.8 Å². The third-order valence-electron chi connectivity index (χ3n) is 3.69. The Hall–Kier alpha value is -1.71. The SMILES string of the molecule is CCOc1ccc(N)cc1C(=O)N1C[C@@H](C)C[C@H](C)C1. The number of likely N-dealkylation sites (tertiary alicyclic amines) is 1. The van der Waals surface area contributed by atoms with Crippen molar-refractivity contribution in [2.75, 3.05) is 25.4 Å². The van der Waals surface area contributed by atoms with Crippen LogP contribution in [0, 0.1) is 11.8 Å². The molecule has 0 spiro atoms. The van der Waals surface area contributed by atoms with Gasteiger partial charge in [-0.1, -0.05) is 13.8 Å². The van der Waals surface area contributed by atoms with Crippen LogP contribution in [0.1, 0.15) is 37.6 Å². The summed E-state index contributed by atoms with van der Waals surface area (Å²) in [6.45, 7) is 8.46. The molecule has 0 bridgehead atoms. The Balaban J connectivity index is 2.25. The summed E-state index contributed by atoms with van der Waals surface area (Å²) >= 11 is 0. The van der Waals surface area contributed by atoms with Crippen molar-refractivity contribution in [1.82, 2.24) is 4.90 Å². The summed E-state index contributed by atoms with van der Waals surface area (Å²) in [5, 5.41) is 0. The number of benzene rings is 1. The molecule has 1 fully saturated rings. The molecule has 1 aromatic carbocycles. The number of amides is 1. The number of carbonyl (C=O) groups excluding carboxylic acids is 1. The zero-order chi connectivity index (χ0) is 14.7. The Morgan fingerprint density at radius 3 is 2.60 bits per heavy atom. The van der Waals surface area contributed by atoms with E-state index in [1.54, 1.807) is 18.2 Å². The van der Waals surface area contributed by atoms with Crippen molar-refractivity contribution in [2.45, 2.75) is 27.2 Å². The molecule has 110 valence electrons. The average molecular weight is 276 g/mol. The molecule has 4 nitrogen and oxygen atoms in total. The highest BCUT2D eigenvalue weighted by Crippen LogP contribution is 2.27. The fourth-order valence-corrected chi connectivity index (χ4v) is 3.00. The number of nitrogens with two attached hydrogens (primary N) is 1. The third-order valence-corrected chi connectivity index (χ3v) is 3.69. The minimum absolute atomic E-state index is 0.0270. The first-order chi connectivity index (χ1) is 9.51. The predicted octanol–water partition coefficient (Wildman–Crippen LogP) is 2.79. The molecule has 0 radical (unpaired) electrons. The molecule has 0 aromatic heterocycles. The van der Waals surface area contributed by atoms with Gasteiger partial charge in [-0.15, -0.1) is 0 Å². The summed E-state index contributed by atoms with van der Waals surface area (Å²) in [7, 11) is 0. The van der Waals surface area contributed by atoms with Crippen LogP contribution in [0.4, 0.5) is 5.69 Å². The maximum absolute atomic E-state index is 12.7. The topological polar surface area (TPSA) is 55.6 Å². The Kier molecular flexibility index (Phi) is 4.53. The summed E-state index contributed by atoms with van der Waals surface area (Å²) in [5.74, 6) is 1.73. The molecule has 1 saturated heterocycles. The summed E-state index contributed by atoms with van der Waals surface area (Å²) in [5.41, 5.74) is 6.99. The molecule has 1 amide bonds. The molecule has 2 N–H and O–H groups in total. The van der Waals surface area contributed by atoms with E-state index in [2.05, 4.69) is 13.8 Å². The lowest BCUT2D eigenvalue weighted by molar-refractivity contribution is 0.0619. The van der Waals surface area contributed by atoms with Gasteiger partial charge in [-0.2, -0.15) is 0 Å². The van der Waals surface area contributed by atoms with E-state index in [1.165, 1.54) is 6.42 Å². The molecule has 4 heteroatoms. The smallest absolute Gasteiger partial charge is 0.257 e. The van der Waals surface area contributed by atoms with Crippen LogP contribution >= 0.6 is 0 Å². The van der Waals surface area contributed by atoms with Gasteiger partial charge in [0.05, 0.1) is 12.2 Å². The Morgan fingerprint density at radius 1 is 1.35 bits per heavy atom. The van der Waals surface area contributed by atoms with Crippen molar-refractivity contribution in [1.29, 1.82) is 0 Å². The van der Waals surface area contributed by atoms with Crippen LogP contribution in [0.3, 0.4) is 0 Å². The number of nitrogen functional groups attached to an aromatic ring is 1. The van der Waals surface area contributed by atoms with Gasteiger partial charge in [-0.05, 0) is 43.4 Å². The Morgan fingerprint density at radius 2 is 2.00 bits per heavy atom. The Bertz CT molecular complexity index is 477. The van der Waals surface area contributed by atoms with Crippen LogP contribution in [0.5, 0.6) is 5.75 Å². The Labute approximate surface area is 120 Å². The lowest BCUT2D eigenvalue weighted by atomic mass is 9.91. The van der Waals surface area contributed by atoms with E-state index >= 15 is 0 Å². The van der Waals surface area contributed by atoms with Crippen molar-refractivity contribution >= 4 is 11.6 Å². The van der Waals surface area contributed by atoms with Crippen LogP contribution in [0.15, 0.2) is 18.2 Å². The van der Waals surface area contributed by atoms with Gasteiger partial charge < -0.3 is 15.4 Å². The first kappa shape index (κ1) is 14.7. The molecule has 2 atom stereocenters. The van der Waals surface area contributed by atoms with Gasteiger partial charge in [-0.3, -0.25) is 4.79 Å². The maximum atomic E-state index is 12.7. The van der Waals surface area contributed by atoms with Crippen LogP contribution in [-0.2, 0) is 0 Å². The van der Waals surface area contributed by atoms with E-state index in [0.29, 0.717) is 35.4 Å². The zero-order valence-electron chi connectivity index (χ0n) is 12.6. The van der Waals surface area contributed by atoms with Gasteiger partial charge in [0.25, 0.3) is 5.91 Å². The van der Waals surface area contributed by atoms with Gasteiger partial charge >= 0.3 is 0 Å². The predicted molar refractivity (Wildman–Crippen MR) is 80.9 cm³/mol. The largest absolute Gasteiger partial charge is 0.493 e.